The van der Waals surface area contributed by atoms with Crippen LogP contribution in [0.3, 0.4) is 0 Å². The molecule has 0 aromatic heterocycles. The third kappa shape index (κ3) is 62.2. The van der Waals surface area contributed by atoms with Crippen molar-refractivity contribution >= 4 is 13.8 Å². The van der Waals surface area contributed by atoms with Crippen LogP contribution < -0.4 is 0 Å². The van der Waals surface area contributed by atoms with Crippen LogP contribution in [0.25, 0.3) is 0 Å². The van der Waals surface area contributed by atoms with Crippen molar-refractivity contribution in [2.75, 3.05) is 54.1 Å². The number of esters is 1. The molecule has 0 aliphatic carbocycles. The van der Waals surface area contributed by atoms with E-state index < -0.39 is 13.9 Å². The van der Waals surface area contributed by atoms with Crippen LogP contribution in [0.15, 0.2) is 0 Å². The first-order chi connectivity index (χ1) is 35.6. The molecule has 0 spiro atoms. The number of nitrogens with zero attached hydrogens (tertiary/aromatic N) is 1. The van der Waals surface area contributed by atoms with Crippen molar-refractivity contribution in [1.82, 2.24) is 0 Å². The summed E-state index contributed by atoms with van der Waals surface area (Å²) in [5, 5.41) is 0. The maximum atomic E-state index is 12.8. The lowest BCUT2D eigenvalue weighted by molar-refractivity contribution is -0.870. The molecule has 0 aromatic rings. The predicted octanol–water partition coefficient (Wildman–Crippen LogP) is 21.1. The van der Waals surface area contributed by atoms with Gasteiger partial charge < -0.3 is 18.9 Å². The Balaban J connectivity index is 3.82. The number of ether oxygens (including phenoxy) is 2. The molecule has 438 valence electrons. The number of rotatable bonds is 63. The molecule has 0 amide bonds. The summed E-state index contributed by atoms with van der Waals surface area (Å²) in [4.78, 5) is 23.1. The Bertz CT molecular complexity index is 1130. The van der Waals surface area contributed by atoms with Crippen molar-refractivity contribution in [2.45, 2.75) is 354 Å². The van der Waals surface area contributed by atoms with Gasteiger partial charge in [0.15, 0.2) is 0 Å². The molecule has 0 radical (unpaired) electrons. The first-order valence-corrected chi connectivity index (χ1v) is 34.3. The molecule has 0 fully saturated rings. The van der Waals surface area contributed by atoms with Crippen LogP contribution >= 0.6 is 7.82 Å². The molecule has 2 atom stereocenters. The van der Waals surface area contributed by atoms with Gasteiger partial charge in [0, 0.05) is 13.0 Å². The van der Waals surface area contributed by atoms with Crippen molar-refractivity contribution in [2.24, 2.45) is 0 Å². The van der Waals surface area contributed by atoms with Crippen LogP contribution in [-0.4, -0.2) is 75.6 Å². The highest BCUT2D eigenvalue weighted by Crippen LogP contribution is 2.43. The van der Waals surface area contributed by atoms with Crippen LogP contribution in [0.2, 0.25) is 0 Å². The molecule has 0 aromatic carbocycles. The molecule has 0 saturated carbocycles. The summed E-state index contributed by atoms with van der Waals surface area (Å²) in [6.45, 7) is 5.72. The number of quaternary nitrogens is 1. The quantitative estimate of drug-likeness (QED) is 0.0281. The lowest BCUT2D eigenvalue weighted by atomic mass is 10.0. The molecule has 9 heteroatoms. The van der Waals surface area contributed by atoms with Gasteiger partial charge in [-0.15, -0.1) is 0 Å². The summed E-state index contributed by atoms with van der Waals surface area (Å²) in [6.07, 6.45) is 69.3. The maximum Gasteiger partial charge on any atom is 0.472 e. The Morgan fingerprint density at radius 2 is 0.630 bits per heavy atom. The van der Waals surface area contributed by atoms with Gasteiger partial charge in [0.05, 0.1) is 34.4 Å². The highest BCUT2D eigenvalue weighted by Gasteiger charge is 2.26. The number of likely N-dealkylation sites (N-methyl/N-ethyl adjacent to an activating group) is 1. The predicted molar refractivity (Wildman–Crippen MR) is 317 cm³/mol. The van der Waals surface area contributed by atoms with Crippen LogP contribution in [-0.2, 0) is 27.9 Å². The van der Waals surface area contributed by atoms with E-state index in [1.54, 1.807) is 0 Å². The molecule has 8 nitrogen and oxygen atoms in total. The Labute approximate surface area is 457 Å². The Kier molecular flexibility index (Phi) is 57.3. The number of hydrogen-bond donors (Lipinski definition) is 1. The lowest BCUT2D eigenvalue weighted by Crippen LogP contribution is -2.37. The number of hydrogen-bond acceptors (Lipinski definition) is 6. The zero-order valence-corrected chi connectivity index (χ0v) is 51.1. The van der Waals surface area contributed by atoms with Gasteiger partial charge in [0.25, 0.3) is 0 Å². The van der Waals surface area contributed by atoms with E-state index in [1.165, 1.54) is 295 Å². The molecule has 0 saturated heterocycles. The van der Waals surface area contributed by atoms with Crippen molar-refractivity contribution in [3.05, 3.63) is 0 Å². The molecule has 73 heavy (non-hydrogen) atoms. The van der Waals surface area contributed by atoms with Gasteiger partial charge in [-0.05, 0) is 12.8 Å². The van der Waals surface area contributed by atoms with Crippen molar-refractivity contribution in [3.63, 3.8) is 0 Å². The van der Waals surface area contributed by atoms with Crippen LogP contribution in [0, 0.1) is 0 Å². The molecule has 0 aliphatic heterocycles. The fraction of sp³-hybridized carbons (Fsp3) is 0.984. The largest absolute Gasteiger partial charge is 0.472 e. The third-order valence-corrected chi connectivity index (χ3v) is 16.2. The van der Waals surface area contributed by atoms with Crippen molar-refractivity contribution < 1.29 is 37.3 Å². The van der Waals surface area contributed by atoms with E-state index in [-0.39, 0.29) is 25.8 Å². The zero-order valence-electron chi connectivity index (χ0n) is 50.2. The minimum Gasteiger partial charge on any atom is -0.457 e. The minimum absolute atomic E-state index is 0.0945. The van der Waals surface area contributed by atoms with E-state index in [4.69, 9.17) is 18.5 Å². The van der Waals surface area contributed by atoms with E-state index in [0.29, 0.717) is 24.1 Å². The molecule has 1 unspecified atom stereocenters. The summed E-state index contributed by atoms with van der Waals surface area (Å²) in [7, 11) is 1.70. The molecule has 1 N–H and O–H groups in total. The average Bonchev–Trinajstić information content (AvgIpc) is 3.35. The highest BCUT2D eigenvalue weighted by molar-refractivity contribution is 7.47. The number of carbonyl (C=O) groups is 1. The minimum atomic E-state index is -4.28. The van der Waals surface area contributed by atoms with Crippen molar-refractivity contribution in [3.8, 4) is 0 Å². The molecular formula is C64H131NO7P+. The van der Waals surface area contributed by atoms with Gasteiger partial charge in [0.1, 0.15) is 19.3 Å². The topological polar surface area (TPSA) is 91.3 Å². The third-order valence-electron chi connectivity index (χ3n) is 15.2. The van der Waals surface area contributed by atoms with E-state index in [0.717, 1.165) is 32.1 Å². The summed E-state index contributed by atoms with van der Waals surface area (Å²) in [5.74, 6) is -0.302. The number of phosphoric acid groups is 1. The van der Waals surface area contributed by atoms with Gasteiger partial charge in [-0.2, -0.15) is 0 Å². The first-order valence-electron chi connectivity index (χ1n) is 32.8. The monoisotopic (exact) mass is 1060 g/mol. The second-order valence-electron chi connectivity index (χ2n) is 23.9. The Morgan fingerprint density at radius 3 is 0.904 bits per heavy atom. The molecule has 0 rings (SSSR count). The van der Waals surface area contributed by atoms with Gasteiger partial charge in [-0.25, -0.2) is 4.57 Å². The van der Waals surface area contributed by atoms with Gasteiger partial charge >= 0.3 is 13.8 Å². The lowest BCUT2D eigenvalue weighted by Gasteiger charge is -2.24. The summed E-state index contributed by atoms with van der Waals surface area (Å²) < 4.78 is 35.3. The van der Waals surface area contributed by atoms with E-state index in [1.807, 2.05) is 21.1 Å². The van der Waals surface area contributed by atoms with E-state index in [2.05, 4.69) is 13.8 Å². The summed E-state index contributed by atoms with van der Waals surface area (Å²) in [5.41, 5.74) is 0. The summed E-state index contributed by atoms with van der Waals surface area (Å²) >= 11 is 0. The smallest absolute Gasteiger partial charge is 0.457 e. The molecule has 0 bridgehead atoms. The second-order valence-corrected chi connectivity index (χ2v) is 25.3. The number of carbonyl (C=O) groups excluding carboxylic acids is 1. The molecule has 0 heterocycles. The molecular weight excluding hydrogens is 926 g/mol. The average molecular weight is 1060 g/mol. The normalized spacial score (nSPS) is 13.2. The van der Waals surface area contributed by atoms with Crippen LogP contribution in [0.4, 0.5) is 0 Å². The first kappa shape index (κ1) is 72.5. The van der Waals surface area contributed by atoms with Gasteiger partial charge in [-0.3, -0.25) is 13.8 Å². The standard InChI is InChI=1S/C64H130NO7P/c1-6-8-10-12-14-16-18-20-22-24-25-26-27-28-29-30-31-32-33-34-35-36-37-38-39-40-41-42-43-45-47-49-51-53-55-57-64(66)72-63(62-71-73(67,68)70-60-58-65(3,4)5)61-69-59-56-54-52-50-48-46-44-23-21-19-17-15-13-11-9-7-2/h63H,6-62H2,1-5H3/p+1/t63-/m1/s1. The maximum absolute atomic E-state index is 12.8. The summed E-state index contributed by atoms with van der Waals surface area (Å²) in [6, 6.07) is 0. The molecule has 0 aliphatic rings. The second kappa shape index (κ2) is 57.7. The fourth-order valence-electron chi connectivity index (χ4n) is 10.1. The zero-order chi connectivity index (χ0) is 53.3. The highest BCUT2D eigenvalue weighted by atomic mass is 31.2. The van der Waals surface area contributed by atoms with Crippen LogP contribution in [0.5, 0.6) is 0 Å². The van der Waals surface area contributed by atoms with Gasteiger partial charge in [0.2, 0.25) is 0 Å². The van der Waals surface area contributed by atoms with Crippen LogP contribution in [0.1, 0.15) is 348 Å². The van der Waals surface area contributed by atoms with E-state index in [9.17, 15) is 14.3 Å². The van der Waals surface area contributed by atoms with E-state index >= 15 is 0 Å². The van der Waals surface area contributed by atoms with Gasteiger partial charge in [-0.1, -0.05) is 328 Å². The number of phosphoric ester groups is 1. The Morgan fingerprint density at radius 1 is 0.370 bits per heavy atom. The number of unbranched alkanes of at least 4 members (excludes halogenated alkanes) is 49. The Hall–Kier alpha value is -0.500. The fourth-order valence-corrected chi connectivity index (χ4v) is 10.9. The SMILES string of the molecule is CCCCCCCCCCCCCCCCCCCCCCCCCCCCCCCCCCCCCC(=O)O[C@H](COCCCCCCCCCCCCCCCCCC)COP(=O)(O)OCC[N+](C)(C)C. The van der Waals surface area contributed by atoms with Crippen molar-refractivity contribution in [1.29, 1.82) is 0 Å².